The summed E-state index contributed by atoms with van der Waals surface area (Å²) in [6, 6.07) is 1.54. The summed E-state index contributed by atoms with van der Waals surface area (Å²) in [4.78, 5) is 2.73. The first kappa shape index (κ1) is 13.7. The van der Waals surface area contributed by atoms with E-state index < -0.39 is 0 Å². The maximum Gasteiger partial charge on any atom is 0.0285 e. The Hall–Kier alpha value is 0.270. The number of piperidine rings is 1. The lowest BCUT2D eigenvalue weighted by Gasteiger charge is -2.39. The lowest BCUT2D eigenvalue weighted by molar-refractivity contribution is 0.134. The van der Waals surface area contributed by atoms with Gasteiger partial charge >= 0.3 is 0 Å². The van der Waals surface area contributed by atoms with Crippen LogP contribution < -0.4 is 5.32 Å². The fraction of sp³-hybridized carbons (Fsp3) is 1.00. The van der Waals surface area contributed by atoms with E-state index in [9.17, 15) is 0 Å². The lowest BCUT2D eigenvalue weighted by Crippen LogP contribution is -2.49. The molecule has 0 aromatic heterocycles. The highest BCUT2D eigenvalue weighted by atomic mass is 32.2. The minimum absolute atomic E-state index is 0.637. The van der Waals surface area contributed by atoms with Crippen molar-refractivity contribution in [2.45, 2.75) is 62.8 Å². The van der Waals surface area contributed by atoms with E-state index in [4.69, 9.17) is 0 Å². The fourth-order valence-corrected chi connectivity index (χ4v) is 3.73. The van der Waals surface area contributed by atoms with Crippen molar-refractivity contribution in [3.05, 3.63) is 0 Å². The van der Waals surface area contributed by atoms with Crippen LogP contribution in [0, 0.1) is 0 Å². The molecular formula is C14H28N2S. The van der Waals surface area contributed by atoms with Crippen LogP contribution in [0.25, 0.3) is 0 Å². The summed E-state index contributed by atoms with van der Waals surface area (Å²) in [7, 11) is 0. The van der Waals surface area contributed by atoms with Crippen LogP contribution in [0.1, 0.15) is 46.0 Å². The average molecular weight is 256 g/mol. The first-order chi connectivity index (χ1) is 8.19. The Bertz CT molecular complexity index is 240. The standard InChI is InChI=1S/C14H28N2S/c1-4-8-15-13-5-9-16(12(2)10-13)11-14(17-3)6-7-14/h12-13,15H,4-11H2,1-3H3. The van der Waals surface area contributed by atoms with Crippen LogP contribution in [-0.4, -0.2) is 47.6 Å². The Kier molecular flexibility index (Phi) is 4.79. The molecule has 1 heterocycles. The van der Waals surface area contributed by atoms with Gasteiger partial charge in [-0.05, 0) is 58.4 Å². The molecule has 3 heteroatoms. The molecule has 17 heavy (non-hydrogen) atoms. The summed E-state index contributed by atoms with van der Waals surface area (Å²) in [6.07, 6.45) is 9.10. The maximum atomic E-state index is 3.68. The second kappa shape index (κ2) is 5.94. The maximum absolute atomic E-state index is 3.68. The second-order valence-electron chi connectivity index (χ2n) is 5.88. The van der Waals surface area contributed by atoms with Gasteiger partial charge in [-0.3, -0.25) is 4.90 Å². The molecule has 0 bridgehead atoms. The number of hydrogen-bond acceptors (Lipinski definition) is 3. The normalized spacial score (nSPS) is 32.6. The monoisotopic (exact) mass is 256 g/mol. The van der Waals surface area contributed by atoms with Gasteiger partial charge in [-0.2, -0.15) is 11.8 Å². The molecule has 1 saturated carbocycles. The Morgan fingerprint density at radius 1 is 1.41 bits per heavy atom. The molecule has 0 spiro atoms. The summed E-state index contributed by atoms with van der Waals surface area (Å²) in [5, 5.41) is 3.68. The summed E-state index contributed by atoms with van der Waals surface area (Å²) >= 11 is 2.09. The van der Waals surface area contributed by atoms with Crippen LogP contribution in [0.15, 0.2) is 0 Å². The van der Waals surface area contributed by atoms with E-state index in [0.717, 1.165) is 12.1 Å². The number of nitrogens with one attached hydrogen (secondary N) is 1. The Morgan fingerprint density at radius 3 is 2.71 bits per heavy atom. The van der Waals surface area contributed by atoms with Gasteiger partial charge in [-0.25, -0.2) is 0 Å². The highest BCUT2D eigenvalue weighted by molar-refractivity contribution is 8.00. The average Bonchev–Trinajstić information content (AvgIpc) is 3.10. The molecule has 0 radical (unpaired) electrons. The molecule has 2 atom stereocenters. The molecule has 0 aromatic rings. The third kappa shape index (κ3) is 3.62. The van der Waals surface area contributed by atoms with Crippen molar-refractivity contribution in [2.75, 3.05) is 25.9 Å². The van der Waals surface area contributed by atoms with Gasteiger partial charge in [0.25, 0.3) is 0 Å². The van der Waals surface area contributed by atoms with Crippen molar-refractivity contribution < 1.29 is 0 Å². The van der Waals surface area contributed by atoms with Gasteiger partial charge in [0, 0.05) is 23.4 Å². The minimum atomic E-state index is 0.637. The predicted molar refractivity (Wildman–Crippen MR) is 77.8 cm³/mol. The zero-order valence-electron chi connectivity index (χ0n) is 11.7. The molecule has 1 N–H and O–H groups in total. The van der Waals surface area contributed by atoms with Crippen molar-refractivity contribution in [3.63, 3.8) is 0 Å². The fourth-order valence-electron chi connectivity index (χ4n) is 2.93. The highest BCUT2D eigenvalue weighted by Crippen LogP contribution is 2.48. The number of hydrogen-bond donors (Lipinski definition) is 1. The quantitative estimate of drug-likeness (QED) is 0.787. The van der Waals surface area contributed by atoms with Crippen molar-refractivity contribution in [3.8, 4) is 0 Å². The van der Waals surface area contributed by atoms with E-state index in [1.807, 2.05) is 0 Å². The molecule has 1 aliphatic carbocycles. The first-order valence-corrected chi connectivity index (χ1v) is 8.44. The van der Waals surface area contributed by atoms with E-state index in [1.54, 1.807) is 0 Å². The van der Waals surface area contributed by atoms with Gasteiger partial charge in [0.05, 0.1) is 0 Å². The number of rotatable bonds is 6. The van der Waals surface area contributed by atoms with E-state index >= 15 is 0 Å². The van der Waals surface area contributed by atoms with E-state index in [-0.39, 0.29) is 0 Å². The van der Waals surface area contributed by atoms with Gasteiger partial charge in [0.1, 0.15) is 0 Å². The number of nitrogens with zero attached hydrogens (tertiary/aromatic N) is 1. The lowest BCUT2D eigenvalue weighted by atomic mass is 9.98. The van der Waals surface area contributed by atoms with Gasteiger partial charge in [0.2, 0.25) is 0 Å². The largest absolute Gasteiger partial charge is 0.314 e. The third-order valence-corrected chi connectivity index (χ3v) is 5.83. The minimum Gasteiger partial charge on any atom is -0.314 e. The number of likely N-dealkylation sites (tertiary alicyclic amines) is 1. The van der Waals surface area contributed by atoms with Crippen LogP contribution in [0.3, 0.4) is 0 Å². The first-order valence-electron chi connectivity index (χ1n) is 7.22. The summed E-state index contributed by atoms with van der Waals surface area (Å²) in [5.41, 5.74) is 0. The van der Waals surface area contributed by atoms with Gasteiger partial charge < -0.3 is 5.32 Å². The van der Waals surface area contributed by atoms with Gasteiger partial charge in [0.15, 0.2) is 0 Å². The molecule has 2 aliphatic rings. The van der Waals surface area contributed by atoms with Crippen molar-refractivity contribution >= 4 is 11.8 Å². The van der Waals surface area contributed by atoms with Crippen molar-refractivity contribution in [1.82, 2.24) is 10.2 Å². The Morgan fingerprint density at radius 2 is 2.18 bits per heavy atom. The van der Waals surface area contributed by atoms with E-state index in [0.29, 0.717) is 4.75 Å². The molecule has 2 fully saturated rings. The molecule has 2 unspecified atom stereocenters. The molecule has 100 valence electrons. The highest BCUT2D eigenvalue weighted by Gasteiger charge is 2.44. The zero-order chi connectivity index (χ0) is 12.3. The molecular weight excluding hydrogens is 228 g/mol. The van der Waals surface area contributed by atoms with Crippen LogP contribution in [-0.2, 0) is 0 Å². The zero-order valence-corrected chi connectivity index (χ0v) is 12.5. The van der Waals surface area contributed by atoms with E-state index in [1.165, 1.54) is 51.7 Å². The van der Waals surface area contributed by atoms with Crippen molar-refractivity contribution in [2.24, 2.45) is 0 Å². The summed E-state index contributed by atoms with van der Waals surface area (Å²) < 4.78 is 0.637. The SMILES string of the molecule is CCCNC1CCN(CC2(SC)CC2)C(C)C1. The third-order valence-electron chi connectivity index (χ3n) is 4.43. The molecule has 0 aromatic carbocycles. The van der Waals surface area contributed by atoms with Crippen molar-refractivity contribution in [1.29, 1.82) is 0 Å². The second-order valence-corrected chi connectivity index (χ2v) is 7.16. The van der Waals surface area contributed by atoms with Gasteiger partial charge in [-0.1, -0.05) is 6.92 Å². The molecule has 1 aliphatic heterocycles. The summed E-state index contributed by atoms with van der Waals surface area (Å²) in [5.74, 6) is 0. The number of thioether (sulfide) groups is 1. The van der Waals surface area contributed by atoms with Crippen LogP contribution in [0.2, 0.25) is 0 Å². The van der Waals surface area contributed by atoms with Crippen LogP contribution >= 0.6 is 11.8 Å². The molecule has 0 amide bonds. The Labute approximate surface area is 111 Å². The van der Waals surface area contributed by atoms with Crippen LogP contribution in [0.5, 0.6) is 0 Å². The van der Waals surface area contributed by atoms with Crippen LogP contribution in [0.4, 0.5) is 0 Å². The predicted octanol–water partition coefficient (Wildman–Crippen LogP) is 2.73. The topological polar surface area (TPSA) is 15.3 Å². The molecule has 2 rings (SSSR count). The molecule has 2 nitrogen and oxygen atoms in total. The Balaban J connectivity index is 1.75. The smallest absolute Gasteiger partial charge is 0.0285 e. The van der Waals surface area contributed by atoms with Gasteiger partial charge in [-0.15, -0.1) is 0 Å². The summed E-state index contributed by atoms with van der Waals surface area (Å²) in [6.45, 7) is 8.48. The molecule has 1 saturated heterocycles. The van der Waals surface area contributed by atoms with E-state index in [2.05, 4.69) is 42.1 Å².